The highest BCUT2D eigenvalue weighted by molar-refractivity contribution is 7.94. The van der Waals surface area contributed by atoms with Crippen molar-refractivity contribution in [1.29, 1.82) is 0 Å². The molecule has 0 aromatic heterocycles. The maximum atomic E-state index is 12.8. The molecule has 2 aromatic carbocycles. The lowest BCUT2D eigenvalue weighted by atomic mass is 10.1. The van der Waals surface area contributed by atoms with Crippen molar-refractivity contribution in [2.75, 3.05) is 15.4 Å². The minimum absolute atomic E-state index is 0.0139. The number of carbonyl (C=O) groups is 2. The van der Waals surface area contributed by atoms with E-state index in [9.17, 15) is 31.2 Å². The maximum Gasteiger partial charge on any atom is 0.416 e. The van der Waals surface area contributed by atoms with Gasteiger partial charge in [-0.25, -0.2) is 12.7 Å². The van der Waals surface area contributed by atoms with E-state index in [0.29, 0.717) is 4.31 Å². The fourth-order valence-corrected chi connectivity index (χ4v) is 4.95. The van der Waals surface area contributed by atoms with Crippen LogP contribution in [0.5, 0.6) is 0 Å². The van der Waals surface area contributed by atoms with Crippen LogP contribution in [0.25, 0.3) is 0 Å². The summed E-state index contributed by atoms with van der Waals surface area (Å²) in [5, 5.41) is 2.15. The second-order valence-corrected chi connectivity index (χ2v) is 8.75. The summed E-state index contributed by atoms with van der Waals surface area (Å²) in [5.41, 5.74) is -1.12. The third-order valence-electron chi connectivity index (χ3n) is 4.24. The normalized spacial score (nSPS) is 18.7. The SMILES string of the molecule is CC1CS(=O)(=O)N(c2ccc(C(=O)Nc3cccc(C(F)(F)F)c3)c(Cl)c2)C1=O. The Hall–Kier alpha value is -2.59. The summed E-state index contributed by atoms with van der Waals surface area (Å²) in [5.74, 6) is -2.43. The standard InChI is InChI=1S/C18H14ClF3N2O4S/c1-10-9-29(27,28)24(17(10)26)13-5-6-14(15(19)8-13)16(25)23-12-4-2-3-11(7-12)18(20,21)22/h2-8,10H,9H2,1H3,(H,23,25). The van der Waals surface area contributed by atoms with E-state index in [1.165, 1.54) is 25.1 Å². The molecule has 11 heteroatoms. The van der Waals surface area contributed by atoms with Gasteiger partial charge in [0.15, 0.2) is 0 Å². The number of sulfonamides is 1. The molecule has 1 aliphatic rings. The van der Waals surface area contributed by atoms with Gasteiger partial charge in [0.25, 0.3) is 5.91 Å². The van der Waals surface area contributed by atoms with Gasteiger partial charge in [-0.3, -0.25) is 9.59 Å². The molecule has 3 rings (SSSR count). The summed E-state index contributed by atoms with van der Waals surface area (Å²) in [7, 11) is -3.84. The molecule has 0 bridgehead atoms. The number of carbonyl (C=O) groups excluding carboxylic acids is 2. The van der Waals surface area contributed by atoms with Crippen molar-refractivity contribution in [2.45, 2.75) is 13.1 Å². The van der Waals surface area contributed by atoms with Crippen LogP contribution in [0.2, 0.25) is 5.02 Å². The highest BCUT2D eigenvalue weighted by Crippen LogP contribution is 2.33. The number of nitrogens with one attached hydrogen (secondary N) is 1. The van der Waals surface area contributed by atoms with Crippen LogP contribution in [0.3, 0.4) is 0 Å². The van der Waals surface area contributed by atoms with Crippen molar-refractivity contribution in [1.82, 2.24) is 0 Å². The molecule has 2 amide bonds. The van der Waals surface area contributed by atoms with Crippen LogP contribution >= 0.6 is 11.6 Å². The lowest BCUT2D eigenvalue weighted by Crippen LogP contribution is -2.30. The Morgan fingerprint density at radius 1 is 1.21 bits per heavy atom. The van der Waals surface area contributed by atoms with E-state index in [1.807, 2.05) is 0 Å². The van der Waals surface area contributed by atoms with Crippen LogP contribution in [-0.4, -0.2) is 26.0 Å². The third kappa shape index (κ3) is 4.23. The van der Waals surface area contributed by atoms with Crippen molar-refractivity contribution in [2.24, 2.45) is 5.92 Å². The number of hydrogen-bond donors (Lipinski definition) is 1. The average molecular weight is 447 g/mol. The molecule has 1 fully saturated rings. The molecule has 0 radical (unpaired) electrons. The van der Waals surface area contributed by atoms with Gasteiger partial charge < -0.3 is 5.32 Å². The molecule has 2 aromatic rings. The molecule has 0 saturated carbocycles. The molecule has 1 heterocycles. The van der Waals surface area contributed by atoms with E-state index in [-0.39, 0.29) is 27.7 Å². The molecule has 1 N–H and O–H groups in total. The Bertz CT molecular complexity index is 1100. The zero-order valence-corrected chi connectivity index (χ0v) is 16.4. The summed E-state index contributed by atoms with van der Waals surface area (Å²) in [6.07, 6.45) is -4.56. The van der Waals surface area contributed by atoms with E-state index in [0.717, 1.165) is 24.3 Å². The molecule has 0 aliphatic carbocycles. The lowest BCUT2D eigenvalue weighted by Gasteiger charge is -2.16. The predicted octanol–water partition coefficient (Wildman–Crippen LogP) is 3.92. The number of alkyl halides is 3. The van der Waals surface area contributed by atoms with Crippen molar-refractivity contribution >= 4 is 44.8 Å². The van der Waals surface area contributed by atoms with Gasteiger partial charge in [0.1, 0.15) is 0 Å². The van der Waals surface area contributed by atoms with Gasteiger partial charge in [0.2, 0.25) is 15.9 Å². The van der Waals surface area contributed by atoms with Crippen LogP contribution in [0.1, 0.15) is 22.8 Å². The summed E-state index contributed by atoms with van der Waals surface area (Å²) in [4.78, 5) is 24.5. The van der Waals surface area contributed by atoms with Gasteiger partial charge in [-0.2, -0.15) is 13.2 Å². The zero-order chi connectivity index (χ0) is 21.6. The van der Waals surface area contributed by atoms with E-state index < -0.39 is 39.5 Å². The summed E-state index contributed by atoms with van der Waals surface area (Å²) in [6, 6.07) is 7.66. The van der Waals surface area contributed by atoms with Gasteiger partial charge in [0.05, 0.1) is 33.5 Å². The van der Waals surface area contributed by atoms with Crippen molar-refractivity contribution in [3.05, 3.63) is 58.6 Å². The van der Waals surface area contributed by atoms with Crippen LogP contribution in [0.15, 0.2) is 42.5 Å². The first kappa shape index (κ1) is 21.1. The Balaban J connectivity index is 1.86. The number of benzene rings is 2. The molecule has 1 saturated heterocycles. The quantitative estimate of drug-likeness (QED) is 0.774. The maximum absolute atomic E-state index is 12.8. The number of rotatable bonds is 3. The number of amides is 2. The second-order valence-electron chi connectivity index (χ2n) is 6.48. The number of anilines is 2. The topological polar surface area (TPSA) is 83.6 Å². The Morgan fingerprint density at radius 2 is 1.90 bits per heavy atom. The second kappa shape index (κ2) is 7.34. The highest BCUT2D eigenvalue weighted by Gasteiger charge is 2.42. The summed E-state index contributed by atoms with van der Waals surface area (Å²) >= 11 is 6.08. The van der Waals surface area contributed by atoms with E-state index >= 15 is 0 Å². The average Bonchev–Trinajstić information content (AvgIpc) is 2.81. The third-order valence-corrected chi connectivity index (χ3v) is 6.42. The van der Waals surface area contributed by atoms with Gasteiger partial charge in [0, 0.05) is 5.69 Å². The number of halogens is 4. The number of nitrogens with zero attached hydrogens (tertiary/aromatic N) is 1. The molecular weight excluding hydrogens is 433 g/mol. The summed E-state index contributed by atoms with van der Waals surface area (Å²) < 4.78 is 63.3. The Labute approximate surface area is 169 Å². The molecule has 154 valence electrons. The fraction of sp³-hybridized carbons (Fsp3) is 0.222. The first-order valence-corrected chi connectivity index (χ1v) is 10.2. The zero-order valence-electron chi connectivity index (χ0n) is 14.8. The largest absolute Gasteiger partial charge is 0.416 e. The molecule has 29 heavy (non-hydrogen) atoms. The van der Waals surface area contributed by atoms with Gasteiger partial charge in [-0.05, 0) is 36.4 Å². The first-order chi connectivity index (χ1) is 13.4. The van der Waals surface area contributed by atoms with Crippen LogP contribution in [0.4, 0.5) is 24.5 Å². The number of hydrogen-bond acceptors (Lipinski definition) is 4. The fourth-order valence-electron chi connectivity index (χ4n) is 2.87. The Kier molecular flexibility index (Phi) is 5.35. The Morgan fingerprint density at radius 3 is 2.45 bits per heavy atom. The minimum Gasteiger partial charge on any atom is -0.322 e. The van der Waals surface area contributed by atoms with Crippen LogP contribution in [-0.2, 0) is 21.0 Å². The first-order valence-electron chi connectivity index (χ1n) is 8.25. The minimum atomic E-state index is -4.56. The van der Waals surface area contributed by atoms with E-state index in [1.54, 1.807) is 0 Å². The molecule has 1 unspecified atom stereocenters. The molecule has 1 aliphatic heterocycles. The molecular formula is C18H14ClF3N2O4S. The van der Waals surface area contributed by atoms with Gasteiger partial charge in [-0.15, -0.1) is 0 Å². The van der Waals surface area contributed by atoms with Gasteiger partial charge in [-0.1, -0.05) is 24.6 Å². The van der Waals surface area contributed by atoms with Crippen LogP contribution in [0, 0.1) is 5.92 Å². The van der Waals surface area contributed by atoms with E-state index in [4.69, 9.17) is 11.6 Å². The van der Waals surface area contributed by atoms with Crippen molar-refractivity contribution in [3.63, 3.8) is 0 Å². The predicted molar refractivity (Wildman–Crippen MR) is 101 cm³/mol. The van der Waals surface area contributed by atoms with Gasteiger partial charge >= 0.3 is 6.18 Å². The summed E-state index contributed by atoms with van der Waals surface area (Å²) in [6.45, 7) is 1.48. The molecule has 1 atom stereocenters. The highest BCUT2D eigenvalue weighted by atomic mass is 35.5. The van der Waals surface area contributed by atoms with Crippen LogP contribution < -0.4 is 9.62 Å². The van der Waals surface area contributed by atoms with Crippen molar-refractivity contribution < 1.29 is 31.2 Å². The monoisotopic (exact) mass is 446 g/mol. The molecule has 6 nitrogen and oxygen atoms in total. The van der Waals surface area contributed by atoms with Crippen molar-refractivity contribution in [3.8, 4) is 0 Å². The molecule has 0 spiro atoms. The lowest BCUT2D eigenvalue weighted by molar-refractivity contribution is -0.137. The smallest absolute Gasteiger partial charge is 0.322 e. The van der Waals surface area contributed by atoms with E-state index in [2.05, 4.69) is 5.32 Å².